The minimum Gasteiger partial charge on any atom is -0.472 e. The highest BCUT2D eigenvalue weighted by molar-refractivity contribution is 7.17. The highest BCUT2D eigenvalue weighted by Gasteiger charge is 2.25. The van der Waals surface area contributed by atoms with E-state index in [1.165, 1.54) is 15.6 Å². The minimum absolute atomic E-state index is 0.594. The van der Waals surface area contributed by atoms with Crippen LogP contribution in [-0.2, 0) is 12.0 Å². The van der Waals surface area contributed by atoms with E-state index in [2.05, 4.69) is 17.5 Å². The zero-order valence-electron chi connectivity index (χ0n) is 10.1. The first kappa shape index (κ1) is 11.5. The molecule has 0 saturated heterocycles. The number of thiophene rings is 1. The predicted molar refractivity (Wildman–Crippen MR) is 73.8 cm³/mol. The Kier molecular flexibility index (Phi) is 2.73. The maximum atomic E-state index is 10.6. The van der Waals surface area contributed by atoms with Crippen molar-refractivity contribution in [3.05, 3.63) is 59.4 Å². The van der Waals surface area contributed by atoms with Crippen LogP contribution in [0.3, 0.4) is 0 Å². The van der Waals surface area contributed by atoms with Crippen molar-refractivity contribution in [3.63, 3.8) is 0 Å². The lowest BCUT2D eigenvalue weighted by Crippen LogP contribution is -2.23. The van der Waals surface area contributed by atoms with Gasteiger partial charge >= 0.3 is 0 Å². The van der Waals surface area contributed by atoms with Crippen molar-refractivity contribution in [2.45, 2.75) is 18.9 Å². The molecule has 2 heterocycles. The first-order valence-electron chi connectivity index (χ1n) is 5.87. The Morgan fingerprint density at radius 1 is 1.28 bits per heavy atom. The zero-order valence-corrected chi connectivity index (χ0v) is 10.9. The Labute approximate surface area is 109 Å². The van der Waals surface area contributed by atoms with Crippen molar-refractivity contribution in [2.75, 3.05) is 0 Å². The molecule has 1 atom stereocenters. The molecule has 1 aromatic carbocycles. The topological polar surface area (TPSA) is 33.4 Å². The third-order valence-electron chi connectivity index (χ3n) is 3.24. The zero-order chi connectivity index (χ0) is 12.6. The molecular formula is C15H14O2S. The minimum atomic E-state index is -0.892. The lowest BCUT2D eigenvalue weighted by Gasteiger charge is -2.21. The SMILES string of the molecule is CC(O)(Cc1csc2ccccc12)c1ccoc1. The highest BCUT2D eigenvalue weighted by atomic mass is 32.1. The summed E-state index contributed by atoms with van der Waals surface area (Å²) in [5.74, 6) is 0. The molecule has 0 saturated carbocycles. The van der Waals surface area contributed by atoms with E-state index in [1.54, 1.807) is 23.9 Å². The van der Waals surface area contributed by atoms with Crippen molar-refractivity contribution in [2.24, 2.45) is 0 Å². The van der Waals surface area contributed by atoms with Crippen molar-refractivity contribution in [1.82, 2.24) is 0 Å². The average Bonchev–Trinajstić information content (AvgIpc) is 2.99. The number of aliphatic hydroxyl groups is 1. The van der Waals surface area contributed by atoms with Crippen LogP contribution < -0.4 is 0 Å². The third kappa shape index (κ3) is 1.96. The molecule has 0 spiro atoms. The summed E-state index contributed by atoms with van der Waals surface area (Å²) in [6.45, 7) is 1.82. The monoisotopic (exact) mass is 258 g/mol. The molecule has 0 aliphatic carbocycles. The first-order valence-corrected chi connectivity index (χ1v) is 6.75. The van der Waals surface area contributed by atoms with E-state index in [0.717, 1.165) is 5.56 Å². The fourth-order valence-electron chi connectivity index (χ4n) is 2.21. The lowest BCUT2D eigenvalue weighted by molar-refractivity contribution is 0.0574. The second-order valence-corrected chi connectivity index (χ2v) is 5.63. The molecule has 1 N–H and O–H groups in total. The smallest absolute Gasteiger partial charge is 0.0963 e. The largest absolute Gasteiger partial charge is 0.472 e. The molecule has 0 fully saturated rings. The second kappa shape index (κ2) is 4.26. The second-order valence-electron chi connectivity index (χ2n) is 4.72. The number of fused-ring (bicyclic) bond motifs is 1. The summed E-state index contributed by atoms with van der Waals surface area (Å²) < 4.78 is 6.31. The Morgan fingerprint density at radius 2 is 2.11 bits per heavy atom. The molecule has 0 amide bonds. The van der Waals surface area contributed by atoms with Crippen LogP contribution in [0.25, 0.3) is 10.1 Å². The summed E-state index contributed by atoms with van der Waals surface area (Å²) >= 11 is 1.72. The molecule has 1 unspecified atom stereocenters. The Bertz CT molecular complexity index is 650. The fourth-order valence-corrected chi connectivity index (χ4v) is 3.18. The van der Waals surface area contributed by atoms with Gasteiger partial charge in [0.25, 0.3) is 0 Å². The van der Waals surface area contributed by atoms with Crippen molar-refractivity contribution >= 4 is 21.4 Å². The van der Waals surface area contributed by atoms with Gasteiger partial charge in [0.2, 0.25) is 0 Å². The number of hydrogen-bond acceptors (Lipinski definition) is 3. The van der Waals surface area contributed by atoms with E-state index >= 15 is 0 Å². The van der Waals surface area contributed by atoms with Crippen molar-refractivity contribution in [3.8, 4) is 0 Å². The summed E-state index contributed by atoms with van der Waals surface area (Å²) in [5, 5.41) is 13.9. The highest BCUT2D eigenvalue weighted by Crippen LogP contribution is 2.32. The van der Waals surface area contributed by atoms with Gasteiger partial charge < -0.3 is 9.52 Å². The normalized spacial score (nSPS) is 14.8. The van der Waals surface area contributed by atoms with Gasteiger partial charge in [0.05, 0.1) is 18.1 Å². The number of furan rings is 1. The van der Waals surface area contributed by atoms with E-state index in [1.807, 2.05) is 25.1 Å². The molecule has 0 radical (unpaired) electrons. The van der Waals surface area contributed by atoms with Crippen LogP contribution in [0.15, 0.2) is 52.7 Å². The summed E-state index contributed by atoms with van der Waals surface area (Å²) in [6, 6.07) is 10.1. The third-order valence-corrected chi connectivity index (χ3v) is 4.25. The summed E-state index contributed by atoms with van der Waals surface area (Å²) in [4.78, 5) is 0. The van der Waals surface area contributed by atoms with Gasteiger partial charge in [-0.1, -0.05) is 18.2 Å². The van der Waals surface area contributed by atoms with E-state index in [4.69, 9.17) is 4.42 Å². The lowest BCUT2D eigenvalue weighted by atomic mass is 9.91. The maximum Gasteiger partial charge on any atom is 0.0963 e. The molecule has 0 aliphatic heterocycles. The summed E-state index contributed by atoms with van der Waals surface area (Å²) in [6.07, 6.45) is 3.79. The number of hydrogen-bond donors (Lipinski definition) is 1. The standard InChI is InChI=1S/C15H14O2S/c1-15(16,12-6-7-17-9-12)8-11-10-18-14-5-3-2-4-13(11)14/h2-7,9-10,16H,8H2,1H3. The van der Waals surface area contributed by atoms with Gasteiger partial charge in [-0.25, -0.2) is 0 Å². The molecule has 3 heteroatoms. The molecule has 3 rings (SSSR count). The van der Waals surface area contributed by atoms with Crippen LogP contribution in [0.5, 0.6) is 0 Å². The number of rotatable bonds is 3. The summed E-state index contributed by atoms with van der Waals surface area (Å²) in [7, 11) is 0. The predicted octanol–water partition coefficient (Wildman–Crippen LogP) is 3.94. The Balaban J connectivity index is 1.97. The van der Waals surface area contributed by atoms with Gasteiger partial charge in [-0.2, -0.15) is 0 Å². The van der Waals surface area contributed by atoms with Crippen molar-refractivity contribution in [1.29, 1.82) is 0 Å². The molecule has 2 aromatic heterocycles. The van der Waals surface area contributed by atoms with Crippen molar-refractivity contribution < 1.29 is 9.52 Å². The Morgan fingerprint density at radius 3 is 2.89 bits per heavy atom. The molecule has 92 valence electrons. The number of benzene rings is 1. The van der Waals surface area contributed by atoms with E-state index in [9.17, 15) is 5.11 Å². The van der Waals surface area contributed by atoms with Gasteiger partial charge in [0.15, 0.2) is 0 Å². The fraction of sp³-hybridized carbons (Fsp3) is 0.200. The van der Waals surface area contributed by atoms with E-state index in [0.29, 0.717) is 6.42 Å². The summed E-state index contributed by atoms with van der Waals surface area (Å²) in [5.41, 5.74) is 1.11. The Hall–Kier alpha value is -1.58. The van der Waals surface area contributed by atoms with E-state index in [-0.39, 0.29) is 0 Å². The molecule has 0 aliphatic rings. The van der Waals surface area contributed by atoms with Gasteiger partial charge in [-0.05, 0) is 35.4 Å². The molecule has 18 heavy (non-hydrogen) atoms. The molecular weight excluding hydrogens is 244 g/mol. The van der Waals surface area contributed by atoms with Crippen LogP contribution in [0.4, 0.5) is 0 Å². The average molecular weight is 258 g/mol. The van der Waals surface area contributed by atoms with Crippen LogP contribution in [0.1, 0.15) is 18.1 Å². The van der Waals surface area contributed by atoms with Gasteiger partial charge in [-0.3, -0.25) is 0 Å². The van der Waals surface area contributed by atoms with Crippen LogP contribution in [0, 0.1) is 0 Å². The van der Waals surface area contributed by atoms with Crippen LogP contribution in [0.2, 0.25) is 0 Å². The maximum absolute atomic E-state index is 10.6. The van der Waals surface area contributed by atoms with Gasteiger partial charge in [0, 0.05) is 16.7 Å². The first-order chi connectivity index (χ1) is 8.67. The molecule has 2 nitrogen and oxygen atoms in total. The van der Waals surface area contributed by atoms with Gasteiger partial charge in [-0.15, -0.1) is 11.3 Å². The quantitative estimate of drug-likeness (QED) is 0.771. The molecule has 3 aromatic rings. The van der Waals surface area contributed by atoms with Crippen LogP contribution >= 0.6 is 11.3 Å². The van der Waals surface area contributed by atoms with Crippen LogP contribution in [-0.4, -0.2) is 5.11 Å². The molecule has 0 bridgehead atoms. The van der Waals surface area contributed by atoms with E-state index < -0.39 is 5.60 Å². The van der Waals surface area contributed by atoms with Gasteiger partial charge in [0.1, 0.15) is 0 Å².